The van der Waals surface area contributed by atoms with Gasteiger partial charge >= 0.3 is 5.97 Å². The first-order valence-electron chi connectivity index (χ1n) is 6.84. The van der Waals surface area contributed by atoms with E-state index in [0.29, 0.717) is 13.2 Å². The highest BCUT2D eigenvalue weighted by Gasteiger charge is 2.67. The summed E-state index contributed by atoms with van der Waals surface area (Å²) in [6.45, 7) is 6.59. The van der Waals surface area contributed by atoms with E-state index in [-0.39, 0.29) is 24.0 Å². The molecule has 0 aliphatic carbocycles. The maximum atomic E-state index is 12.5. The standard InChI is InChI=1S/C14H19NO4/c1-4-18-13(17)10-9-5-6-14(19-9)7-15(8(2)3)12(16)11(10)14/h5-6,8-11H,4,7H2,1-3H3/t9-,10+,11+,14-/m1/s1. The molecule has 1 spiro atoms. The lowest BCUT2D eigenvalue weighted by Gasteiger charge is -2.24. The first-order valence-corrected chi connectivity index (χ1v) is 6.84. The summed E-state index contributed by atoms with van der Waals surface area (Å²) in [5, 5.41) is 0. The number of ether oxygens (including phenoxy) is 2. The van der Waals surface area contributed by atoms with Crippen LogP contribution in [0.2, 0.25) is 0 Å². The van der Waals surface area contributed by atoms with E-state index in [9.17, 15) is 9.59 Å². The second kappa shape index (κ2) is 4.07. The Morgan fingerprint density at radius 3 is 3.00 bits per heavy atom. The van der Waals surface area contributed by atoms with Crippen molar-refractivity contribution >= 4 is 11.9 Å². The van der Waals surface area contributed by atoms with E-state index >= 15 is 0 Å². The third-order valence-corrected chi connectivity index (χ3v) is 4.31. The molecule has 3 rings (SSSR count). The van der Waals surface area contributed by atoms with Crippen molar-refractivity contribution < 1.29 is 19.1 Å². The molecule has 5 nitrogen and oxygen atoms in total. The van der Waals surface area contributed by atoms with Crippen LogP contribution in [-0.4, -0.2) is 47.7 Å². The topological polar surface area (TPSA) is 55.8 Å². The molecule has 0 aromatic heterocycles. The molecule has 2 saturated heterocycles. The highest BCUT2D eigenvalue weighted by Crippen LogP contribution is 2.52. The Bertz CT molecular complexity index is 458. The van der Waals surface area contributed by atoms with Crippen LogP contribution in [0.15, 0.2) is 12.2 Å². The van der Waals surface area contributed by atoms with Gasteiger partial charge in [-0.2, -0.15) is 0 Å². The van der Waals surface area contributed by atoms with Gasteiger partial charge in [0.1, 0.15) is 11.5 Å². The normalized spacial score (nSPS) is 39.3. The molecule has 104 valence electrons. The molecule has 5 heteroatoms. The predicted octanol–water partition coefficient (Wildman–Crippen LogP) is 0.740. The number of nitrogens with zero attached hydrogens (tertiary/aromatic N) is 1. The maximum Gasteiger partial charge on any atom is 0.312 e. The lowest BCUT2D eigenvalue weighted by molar-refractivity contribution is -0.153. The molecule has 0 aromatic carbocycles. The van der Waals surface area contributed by atoms with E-state index in [0.717, 1.165) is 0 Å². The molecule has 0 unspecified atom stereocenters. The summed E-state index contributed by atoms with van der Waals surface area (Å²) < 4.78 is 11.0. The zero-order valence-corrected chi connectivity index (χ0v) is 11.5. The number of hydrogen-bond donors (Lipinski definition) is 0. The van der Waals surface area contributed by atoms with Gasteiger partial charge in [0.2, 0.25) is 5.91 Å². The summed E-state index contributed by atoms with van der Waals surface area (Å²) in [4.78, 5) is 26.4. The zero-order valence-electron chi connectivity index (χ0n) is 11.5. The largest absolute Gasteiger partial charge is 0.466 e. The van der Waals surface area contributed by atoms with E-state index in [1.54, 1.807) is 11.8 Å². The molecule has 3 aliphatic heterocycles. The van der Waals surface area contributed by atoms with E-state index < -0.39 is 17.4 Å². The van der Waals surface area contributed by atoms with Crippen molar-refractivity contribution in [2.24, 2.45) is 11.8 Å². The quantitative estimate of drug-likeness (QED) is 0.558. The van der Waals surface area contributed by atoms with Crippen LogP contribution in [0.5, 0.6) is 0 Å². The number of hydrogen-bond acceptors (Lipinski definition) is 4. The Morgan fingerprint density at radius 1 is 1.63 bits per heavy atom. The van der Waals surface area contributed by atoms with E-state index in [1.165, 1.54) is 0 Å². The van der Waals surface area contributed by atoms with Gasteiger partial charge in [-0.25, -0.2) is 0 Å². The molecular formula is C14H19NO4. The second-order valence-corrected chi connectivity index (χ2v) is 5.71. The molecule has 1 amide bonds. The molecule has 0 N–H and O–H groups in total. The van der Waals surface area contributed by atoms with Crippen LogP contribution < -0.4 is 0 Å². The highest BCUT2D eigenvalue weighted by atomic mass is 16.6. The van der Waals surface area contributed by atoms with Crippen molar-refractivity contribution in [3.8, 4) is 0 Å². The van der Waals surface area contributed by atoms with Crippen LogP contribution >= 0.6 is 0 Å². The lowest BCUT2D eigenvalue weighted by atomic mass is 9.77. The van der Waals surface area contributed by atoms with E-state index in [2.05, 4.69) is 0 Å². The van der Waals surface area contributed by atoms with E-state index in [1.807, 2.05) is 26.0 Å². The summed E-state index contributed by atoms with van der Waals surface area (Å²) in [5.74, 6) is -1.20. The predicted molar refractivity (Wildman–Crippen MR) is 67.2 cm³/mol. The van der Waals surface area contributed by atoms with Crippen molar-refractivity contribution in [1.82, 2.24) is 4.90 Å². The van der Waals surface area contributed by atoms with Gasteiger partial charge in [-0.3, -0.25) is 9.59 Å². The van der Waals surface area contributed by atoms with Crippen LogP contribution in [-0.2, 0) is 19.1 Å². The molecule has 2 bridgehead atoms. The van der Waals surface area contributed by atoms with Crippen molar-refractivity contribution in [2.75, 3.05) is 13.2 Å². The summed E-state index contributed by atoms with van der Waals surface area (Å²) in [5.41, 5.74) is -0.608. The van der Waals surface area contributed by atoms with Crippen LogP contribution in [0.3, 0.4) is 0 Å². The van der Waals surface area contributed by atoms with Crippen LogP contribution in [0.1, 0.15) is 20.8 Å². The molecule has 2 fully saturated rings. The molecule has 19 heavy (non-hydrogen) atoms. The summed E-state index contributed by atoms with van der Waals surface area (Å²) in [7, 11) is 0. The van der Waals surface area contributed by atoms with Crippen molar-refractivity contribution in [3.05, 3.63) is 12.2 Å². The van der Waals surface area contributed by atoms with Crippen molar-refractivity contribution in [2.45, 2.75) is 38.5 Å². The third kappa shape index (κ3) is 1.57. The fourth-order valence-corrected chi connectivity index (χ4v) is 3.47. The van der Waals surface area contributed by atoms with Gasteiger partial charge in [-0.1, -0.05) is 12.2 Å². The van der Waals surface area contributed by atoms with Crippen LogP contribution in [0.4, 0.5) is 0 Å². The monoisotopic (exact) mass is 265 g/mol. The Morgan fingerprint density at radius 2 is 2.37 bits per heavy atom. The minimum atomic E-state index is -0.608. The Kier molecular flexibility index (Phi) is 2.71. The van der Waals surface area contributed by atoms with Gasteiger partial charge in [0, 0.05) is 6.04 Å². The molecule has 0 radical (unpaired) electrons. The first-order chi connectivity index (χ1) is 9.00. The number of fused-ring (bicyclic) bond motifs is 1. The number of carbonyl (C=O) groups is 2. The molecule has 3 aliphatic rings. The molecule has 0 saturated carbocycles. The average molecular weight is 265 g/mol. The van der Waals surface area contributed by atoms with E-state index in [4.69, 9.17) is 9.47 Å². The number of amides is 1. The van der Waals surface area contributed by atoms with Crippen LogP contribution in [0, 0.1) is 11.8 Å². The van der Waals surface area contributed by atoms with Crippen molar-refractivity contribution in [1.29, 1.82) is 0 Å². The minimum Gasteiger partial charge on any atom is -0.466 e. The Hall–Kier alpha value is -1.36. The second-order valence-electron chi connectivity index (χ2n) is 5.71. The maximum absolute atomic E-state index is 12.5. The van der Waals surface area contributed by atoms with Crippen molar-refractivity contribution in [3.63, 3.8) is 0 Å². The highest BCUT2D eigenvalue weighted by molar-refractivity contribution is 5.91. The van der Waals surface area contributed by atoms with Crippen LogP contribution in [0.25, 0.3) is 0 Å². The van der Waals surface area contributed by atoms with Gasteiger partial charge in [-0.05, 0) is 20.8 Å². The molecule has 0 aromatic rings. The summed E-state index contributed by atoms with van der Waals surface area (Å²) in [6, 6.07) is 0.117. The average Bonchev–Trinajstić information content (AvgIpc) is 2.98. The molecule has 3 heterocycles. The molecular weight excluding hydrogens is 246 g/mol. The lowest BCUT2D eigenvalue weighted by Crippen LogP contribution is -2.40. The fourth-order valence-electron chi connectivity index (χ4n) is 3.47. The summed E-state index contributed by atoms with van der Waals surface area (Å²) >= 11 is 0. The number of esters is 1. The van der Waals surface area contributed by atoms with Gasteiger partial charge in [-0.15, -0.1) is 0 Å². The Labute approximate surface area is 112 Å². The Balaban J connectivity index is 1.93. The number of rotatable bonds is 3. The first kappa shape index (κ1) is 12.7. The smallest absolute Gasteiger partial charge is 0.312 e. The molecule has 4 atom stereocenters. The SMILES string of the molecule is CCOC(=O)[C@@H]1[C@H]2C(=O)N(C(C)C)C[C@]23C=C[C@H]1O3. The number of likely N-dealkylation sites (tertiary alicyclic amines) is 1. The van der Waals surface area contributed by atoms with Gasteiger partial charge < -0.3 is 14.4 Å². The van der Waals surface area contributed by atoms with Gasteiger partial charge in [0.15, 0.2) is 0 Å². The summed E-state index contributed by atoms with van der Waals surface area (Å²) in [6.07, 6.45) is 3.55. The number of carbonyl (C=O) groups excluding carboxylic acids is 2. The van der Waals surface area contributed by atoms with Gasteiger partial charge in [0.05, 0.1) is 25.2 Å². The minimum absolute atomic E-state index is 0.0138. The third-order valence-electron chi connectivity index (χ3n) is 4.31. The zero-order chi connectivity index (χ0) is 13.8. The fraction of sp³-hybridized carbons (Fsp3) is 0.714. The van der Waals surface area contributed by atoms with Gasteiger partial charge in [0.25, 0.3) is 0 Å².